The molecule has 0 saturated heterocycles. The van der Waals surface area contributed by atoms with Crippen LogP contribution in [0.5, 0.6) is 0 Å². The molecule has 0 saturated carbocycles. The number of alkyl halides is 3. The summed E-state index contributed by atoms with van der Waals surface area (Å²) in [5.41, 5.74) is 6.11. The Morgan fingerprint density at radius 2 is 1.88 bits per heavy atom. The van der Waals surface area contributed by atoms with Gasteiger partial charge in [0, 0.05) is 22.5 Å². The van der Waals surface area contributed by atoms with E-state index in [4.69, 9.17) is 28.9 Å². The highest BCUT2D eigenvalue weighted by Crippen LogP contribution is 2.30. The predicted molar refractivity (Wildman–Crippen MR) is 58.7 cm³/mol. The summed E-state index contributed by atoms with van der Waals surface area (Å²) in [7, 11) is 0. The van der Waals surface area contributed by atoms with E-state index in [1.807, 2.05) is 0 Å². The molecule has 1 unspecified atom stereocenters. The minimum absolute atomic E-state index is 0.190. The number of hydrogen-bond donors (Lipinski definition) is 1. The summed E-state index contributed by atoms with van der Waals surface area (Å²) in [5.74, 6) is 0. The van der Waals surface area contributed by atoms with Gasteiger partial charge in [-0.3, -0.25) is 0 Å². The van der Waals surface area contributed by atoms with Crippen molar-refractivity contribution in [2.45, 2.75) is 25.1 Å². The molecule has 0 spiro atoms. The van der Waals surface area contributed by atoms with Gasteiger partial charge >= 0.3 is 6.18 Å². The molecule has 1 aromatic rings. The lowest BCUT2D eigenvalue weighted by molar-refractivity contribution is -0.136. The molecule has 2 N–H and O–H groups in total. The second-order valence-corrected chi connectivity index (χ2v) is 4.27. The number of halogens is 5. The maximum absolute atomic E-state index is 12.0. The SMILES string of the molecule is NC(CCC(F)(F)F)c1ccc(Cl)cc1Cl. The average Bonchev–Trinajstić information content (AvgIpc) is 2.13. The van der Waals surface area contributed by atoms with Gasteiger partial charge in [0.15, 0.2) is 0 Å². The Morgan fingerprint density at radius 1 is 1.25 bits per heavy atom. The third kappa shape index (κ3) is 4.20. The van der Waals surface area contributed by atoms with Gasteiger partial charge in [0.05, 0.1) is 0 Å². The monoisotopic (exact) mass is 271 g/mol. The molecule has 0 aromatic heterocycles. The van der Waals surface area contributed by atoms with Gasteiger partial charge < -0.3 is 5.73 Å². The Hall–Kier alpha value is -0.450. The number of hydrogen-bond acceptors (Lipinski definition) is 1. The van der Waals surface area contributed by atoms with Crippen LogP contribution in [-0.2, 0) is 0 Å². The maximum Gasteiger partial charge on any atom is 0.389 e. The van der Waals surface area contributed by atoms with E-state index in [1.54, 1.807) is 12.1 Å². The van der Waals surface area contributed by atoms with Crippen LogP contribution in [0.3, 0.4) is 0 Å². The van der Waals surface area contributed by atoms with Gasteiger partial charge in [0.25, 0.3) is 0 Å². The normalized spacial score (nSPS) is 13.9. The highest BCUT2D eigenvalue weighted by molar-refractivity contribution is 6.35. The van der Waals surface area contributed by atoms with Crippen LogP contribution >= 0.6 is 23.2 Å². The van der Waals surface area contributed by atoms with Gasteiger partial charge in [-0.05, 0) is 24.1 Å². The number of benzene rings is 1. The topological polar surface area (TPSA) is 26.0 Å². The minimum Gasteiger partial charge on any atom is -0.324 e. The maximum atomic E-state index is 12.0. The average molecular weight is 272 g/mol. The van der Waals surface area contributed by atoms with E-state index in [9.17, 15) is 13.2 Å². The molecule has 1 aromatic carbocycles. The molecule has 0 radical (unpaired) electrons. The first kappa shape index (κ1) is 13.6. The van der Waals surface area contributed by atoms with Crippen LogP contribution in [0.15, 0.2) is 18.2 Å². The zero-order valence-corrected chi connectivity index (χ0v) is 9.70. The standard InChI is InChI=1S/C10H10Cl2F3N/c11-6-1-2-7(8(12)5-6)9(16)3-4-10(13,14)15/h1-2,5,9H,3-4,16H2. The fourth-order valence-corrected chi connectivity index (χ4v) is 1.83. The lowest BCUT2D eigenvalue weighted by Crippen LogP contribution is -2.16. The van der Waals surface area contributed by atoms with Crippen molar-refractivity contribution in [2.24, 2.45) is 5.73 Å². The fraction of sp³-hybridized carbons (Fsp3) is 0.400. The van der Waals surface area contributed by atoms with Gasteiger partial charge in [-0.25, -0.2) is 0 Å². The first-order chi connectivity index (χ1) is 7.29. The summed E-state index contributed by atoms with van der Waals surface area (Å²) in [5, 5.41) is 0.721. The van der Waals surface area contributed by atoms with Gasteiger partial charge in [-0.1, -0.05) is 29.3 Å². The second kappa shape index (κ2) is 5.25. The van der Waals surface area contributed by atoms with Crippen molar-refractivity contribution >= 4 is 23.2 Å². The van der Waals surface area contributed by atoms with Gasteiger partial charge in [0.2, 0.25) is 0 Å². The third-order valence-corrected chi connectivity index (χ3v) is 2.66. The summed E-state index contributed by atoms with van der Waals surface area (Å²) in [6.45, 7) is 0. The van der Waals surface area contributed by atoms with Crippen LogP contribution < -0.4 is 5.73 Å². The molecular weight excluding hydrogens is 262 g/mol. The van der Waals surface area contributed by atoms with E-state index >= 15 is 0 Å². The fourth-order valence-electron chi connectivity index (χ4n) is 1.28. The molecule has 0 amide bonds. The quantitative estimate of drug-likeness (QED) is 0.870. The Kier molecular flexibility index (Phi) is 4.47. The van der Waals surface area contributed by atoms with E-state index in [1.165, 1.54) is 6.07 Å². The van der Waals surface area contributed by atoms with Crippen LogP contribution in [0, 0.1) is 0 Å². The molecular formula is C10H10Cl2F3N. The molecule has 0 heterocycles. The van der Waals surface area contributed by atoms with Crippen molar-refractivity contribution in [1.82, 2.24) is 0 Å². The minimum atomic E-state index is -4.20. The third-order valence-electron chi connectivity index (χ3n) is 2.10. The molecule has 0 aliphatic heterocycles. The number of nitrogens with two attached hydrogens (primary N) is 1. The van der Waals surface area contributed by atoms with E-state index in [0.29, 0.717) is 15.6 Å². The molecule has 6 heteroatoms. The molecule has 16 heavy (non-hydrogen) atoms. The van der Waals surface area contributed by atoms with Crippen LogP contribution in [-0.4, -0.2) is 6.18 Å². The molecule has 0 aliphatic rings. The van der Waals surface area contributed by atoms with Crippen LogP contribution in [0.25, 0.3) is 0 Å². The van der Waals surface area contributed by atoms with Crippen molar-refractivity contribution in [3.63, 3.8) is 0 Å². The molecule has 0 fully saturated rings. The molecule has 0 aliphatic carbocycles. The Labute approximate surface area is 101 Å². The summed E-state index contributed by atoms with van der Waals surface area (Å²) in [6, 6.07) is 3.83. The van der Waals surface area contributed by atoms with Crippen molar-refractivity contribution < 1.29 is 13.2 Å². The van der Waals surface area contributed by atoms with Crippen molar-refractivity contribution in [1.29, 1.82) is 0 Å². The van der Waals surface area contributed by atoms with Gasteiger partial charge in [-0.15, -0.1) is 0 Å². The van der Waals surface area contributed by atoms with E-state index < -0.39 is 18.6 Å². The van der Waals surface area contributed by atoms with Crippen molar-refractivity contribution in [2.75, 3.05) is 0 Å². The predicted octanol–water partition coefficient (Wildman–Crippen LogP) is 4.34. The summed E-state index contributed by atoms with van der Waals surface area (Å²) >= 11 is 11.5. The van der Waals surface area contributed by atoms with Crippen molar-refractivity contribution in [3.05, 3.63) is 33.8 Å². The smallest absolute Gasteiger partial charge is 0.324 e. The zero-order chi connectivity index (χ0) is 12.3. The number of rotatable bonds is 3. The Balaban J connectivity index is 2.70. The second-order valence-electron chi connectivity index (χ2n) is 3.43. The molecule has 1 nitrogen and oxygen atoms in total. The van der Waals surface area contributed by atoms with Crippen LogP contribution in [0.4, 0.5) is 13.2 Å². The summed E-state index contributed by atoms with van der Waals surface area (Å²) in [4.78, 5) is 0. The largest absolute Gasteiger partial charge is 0.389 e. The lowest BCUT2D eigenvalue weighted by Gasteiger charge is -2.15. The Bertz CT molecular complexity index is 366. The van der Waals surface area contributed by atoms with E-state index in [0.717, 1.165) is 0 Å². The lowest BCUT2D eigenvalue weighted by atomic mass is 10.0. The summed E-state index contributed by atoms with van der Waals surface area (Å²) < 4.78 is 36.0. The Morgan fingerprint density at radius 3 is 2.38 bits per heavy atom. The molecule has 1 rings (SSSR count). The molecule has 0 bridgehead atoms. The van der Waals surface area contributed by atoms with Crippen LogP contribution in [0.1, 0.15) is 24.4 Å². The van der Waals surface area contributed by atoms with Gasteiger partial charge in [0.1, 0.15) is 0 Å². The summed E-state index contributed by atoms with van der Waals surface area (Å²) in [6.07, 6.45) is -5.31. The first-order valence-electron chi connectivity index (χ1n) is 4.57. The molecule has 1 atom stereocenters. The highest BCUT2D eigenvalue weighted by Gasteiger charge is 2.28. The van der Waals surface area contributed by atoms with E-state index in [2.05, 4.69) is 0 Å². The van der Waals surface area contributed by atoms with Crippen LogP contribution in [0.2, 0.25) is 10.0 Å². The van der Waals surface area contributed by atoms with E-state index in [-0.39, 0.29) is 6.42 Å². The van der Waals surface area contributed by atoms with Crippen molar-refractivity contribution in [3.8, 4) is 0 Å². The molecule has 90 valence electrons. The zero-order valence-electron chi connectivity index (χ0n) is 8.19. The van der Waals surface area contributed by atoms with Gasteiger partial charge in [-0.2, -0.15) is 13.2 Å². The first-order valence-corrected chi connectivity index (χ1v) is 5.32. The highest BCUT2D eigenvalue weighted by atomic mass is 35.5.